The number of methoxy groups -OCH3 is 2. The van der Waals surface area contributed by atoms with Crippen molar-refractivity contribution in [2.24, 2.45) is 0 Å². The van der Waals surface area contributed by atoms with Crippen LogP contribution in [0.4, 0.5) is 0 Å². The number of hydrogen-bond acceptors (Lipinski definition) is 2. The van der Waals surface area contributed by atoms with Gasteiger partial charge in [-0.2, -0.15) is 0 Å². The van der Waals surface area contributed by atoms with E-state index in [-0.39, 0.29) is 0 Å². The molecule has 126 valence electrons. The molecule has 0 heterocycles. The number of rotatable bonds is 7. The maximum Gasteiger partial charge on any atom is 0.160 e. The summed E-state index contributed by atoms with van der Waals surface area (Å²) < 4.78 is 10.8. The maximum atomic E-state index is 5.45. The largest absolute Gasteiger partial charge is 0.493 e. The highest BCUT2D eigenvalue weighted by atomic mass is 16.5. The van der Waals surface area contributed by atoms with E-state index in [1.807, 2.05) is 12.1 Å². The summed E-state index contributed by atoms with van der Waals surface area (Å²) >= 11 is 0. The van der Waals surface area contributed by atoms with Crippen LogP contribution in [-0.2, 0) is 19.3 Å². The van der Waals surface area contributed by atoms with Gasteiger partial charge in [0.1, 0.15) is 0 Å². The molecule has 1 aliphatic carbocycles. The van der Waals surface area contributed by atoms with Gasteiger partial charge in [-0.3, -0.25) is 0 Å². The highest BCUT2D eigenvalue weighted by Crippen LogP contribution is 2.39. The quantitative estimate of drug-likeness (QED) is 0.661. The van der Waals surface area contributed by atoms with Crippen LogP contribution in [0.1, 0.15) is 41.0 Å². The molecule has 2 nitrogen and oxygen atoms in total. The van der Waals surface area contributed by atoms with Crippen molar-refractivity contribution in [3.63, 3.8) is 0 Å². The van der Waals surface area contributed by atoms with Crippen LogP contribution >= 0.6 is 0 Å². The Morgan fingerprint density at radius 3 is 2.71 bits per heavy atom. The summed E-state index contributed by atoms with van der Waals surface area (Å²) in [7, 11) is 3.37. The molecular formula is C22H26O2. The molecule has 1 atom stereocenters. The predicted octanol–water partition coefficient (Wildman–Crippen LogP) is 5.09. The van der Waals surface area contributed by atoms with Gasteiger partial charge in [0.2, 0.25) is 0 Å². The molecule has 0 spiro atoms. The lowest BCUT2D eigenvalue weighted by Crippen LogP contribution is -2.03. The van der Waals surface area contributed by atoms with Crippen LogP contribution in [-0.4, -0.2) is 14.2 Å². The zero-order valence-corrected chi connectivity index (χ0v) is 14.7. The van der Waals surface area contributed by atoms with Crippen molar-refractivity contribution in [2.45, 2.75) is 38.0 Å². The highest BCUT2D eigenvalue weighted by molar-refractivity contribution is 5.46. The van der Waals surface area contributed by atoms with Crippen LogP contribution < -0.4 is 9.47 Å². The Morgan fingerprint density at radius 2 is 1.96 bits per heavy atom. The number of fused-ring (bicyclic) bond motifs is 1. The van der Waals surface area contributed by atoms with E-state index in [4.69, 9.17) is 9.47 Å². The van der Waals surface area contributed by atoms with E-state index in [2.05, 4.69) is 36.9 Å². The first-order valence-electron chi connectivity index (χ1n) is 8.69. The van der Waals surface area contributed by atoms with Gasteiger partial charge in [0.25, 0.3) is 0 Å². The van der Waals surface area contributed by atoms with Gasteiger partial charge < -0.3 is 9.47 Å². The first-order chi connectivity index (χ1) is 11.8. The number of aryl methyl sites for hydroxylation is 2. The second kappa shape index (κ2) is 7.57. The number of benzene rings is 2. The fourth-order valence-electron chi connectivity index (χ4n) is 3.85. The van der Waals surface area contributed by atoms with E-state index in [0.29, 0.717) is 5.92 Å². The fraction of sp³-hybridized carbons (Fsp3) is 0.364. The van der Waals surface area contributed by atoms with Gasteiger partial charge in [0.05, 0.1) is 14.2 Å². The van der Waals surface area contributed by atoms with Crippen LogP contribution in [0, 0.1) is 0 Å². The van der Waals surface area contributed by atoms with Crippen molar-refractivity contribution in [1.29, 1.82) is 0 Å². The molecule has 0 amide bonds. The first-order valence-corrected chi connectivity index (χ1v) is 8.69. The molecule has 0 saturated carbocycles. The van der Waals surface area contributed by atoms with E-state index in [9.17, 15) is 0 Å². The van der Waals surface area contributed by atoms with E-state index in [1.54, 1.807) is 19.8 Å². The van der Waals surface area contributed by atoms with Crippen LogP contribution in [0.15, 0.2) is 49.1 Å². The molecule has 2 aromatic rings. The second-order valence-corrected chi connectivity index (χ2v) is 6.45. The van der Waals surface area contributed by atoms with Crippen LogP contribution in [0.3, 0.4) is 0 Å². The molecule has 2 heteroatoms. The lowest BCUT2D eigenvalue weighted by molar-refractivity contribution is 0.354. The van der Waals surface area contributed by atoms with Gasteiger partial charge in [-0.1, -0.05) is 30.3 Å². The second-order valence-electron chi connectivity index (χ2n) is 6.45. The van der Waals surface area contributed by atoms with Crippen LogP contribution in [0.2, 0.25) is 0 Å². The molecule has 0 saturated heterocycles. The van der Waals surface area contributed by atoms with Crippen molar-refractivity contribution >= 4 is 0 Å². The lowest BCUT2D eigenvalue weighted by atomic mass is 9.89. The SMILES string of the molecule is C=CCCc1cccc2c1[C@H](Cc1ccc(OC)c(OC)c1)CC2. The Hall–Kier alpha value is -2.22. The average molecular weight is 322 g/mol. The maximum absolute atomic E-state index is 5.45. The third-order valence-electron chi connectivity index (χ3n) is 5.00. The standard InChI is InChI=1S/C22H26O2/c1-4-5-7-17-8-6-9-18-11-12-19(22(17)18)14-16-10-13-20(23-2)21(15-16)24-3/h4,6,8-10,13,15,19H,1,5,7,11-12,14H2,2-3H3/t19-/m0/s1. The summed E-state index contributed by atoms with van der Waals surface area (Å²) in [5.41, 5.74) is 5.91. The van der Waals surface area contributed by atoms with Crippen molar-refractivity contribution in [3.05, 3.63) is 71.3 Å². The average Bonchev–Trinajstić information content (AvgIpc) is 3.03. The Kier molecular flexibility index (Phi) is 5.24. The Labute approximate surface area is 145 Å². The summed E-state index contributed by atoms with van der Waals surface area (Å²) in [4.78, 5) is 0. The number of hydrogen-bond donors (Lipinski definition) is 0. The smallest absolute Gasteiger partial charge is 0.160 e. The molecule has 3 rings (SSSR count). The predicted molar refractivity (Wildman–Crippen MR) is 99.3 cm³/mol. The van der Waals surface area contributed by atoms with Crippen LogP contribution in [0.5, 0.6) is 11.5 Å². The molecule has 0 bridgehead atoms. The summed E-state index contributed by atoms with van der Waals surface area (Å²) in [6.07, 6.45) is 7.62. The normalized spacial score (nSPS) is 15.8. The minimum atomic E-state index is 0.596. The van der Waals surface area contributed by atoms with Crippen molar-refractivity contribution < 1.29 is 9.47 Å². The molecule has 0 radical (unpaired) electrons. The van der Waals surface area contributed by atoms with E-state index in [1.165, 1.54) is 29.5 Å². The Bertz CT molecular complexity index is 718. The van der Waals surface area contributed by atoms with Gasteiger partial charge >= 0.3 is 0 Å². The molecule has 0 aliphatic heterocycles. The van der Waals surface area contributed by atoms with Gasteiger partial charge in [0, 0.05) is 0 Å². The van der Waals surface area contributed by atoms with E-state index < -0.39 is 0 Å². The van der Waals surface area contributed by atoms with Crippen molar-refractivity contribution in [3.8, 4) is 11.5 Å². The third-order valence-corrected chi connectivity index (χ3v) is 5.00. The minimum Gasteiger partial charge on any atom is -0.493 e. The molecule has 0 N–H and O–H groups in total. The van der Waals surface area contributed by atoms with Crippen LogP contribution in [0.25, 0.3) is 0 Å². The monoisotopic (exact) mass is 322 g/mol. The van der Waals surface area contributed by atoms with Gasteiger partial charge in [0.15, 0.2) is 11.5 Å². The molecule has 24 heavy (non-hydrogen) atoms. The van der Waals surface area contributed by atoms with E-state index >= 15 is 0 Å². The van der Waals surface area contributed by atoms with Crippen molar-refractivity contribution in [2.75, 3.05) is 14.2 Å². The van der Waals surface area contributed by atoms with Gasteiger partial charge in [-0.25, -0.2) is 0 Å². The third kappa shape index (κ3) is 3.33. The number of allylic oxidation sites excluding steroid dienone is 1. The number of ether oxygens (including phenoxy) is 2. The molecule has 0 aromatic heterocycles. The molecule has 0 fully saturated rings. The topological polar surface area (TPSA) is 18.5 Å². The summed E-state index contributed by atoms with van der Waals surface area (Å²) in [5, 5.41) is 0. The minimum absolute atomic E-state index is 0.596. The lowest BCUT2D eigenvalue weighted by Gasteiger charge is -2.17. The van der Waals surface area contributed by atoms with Gasteiger partial charge in [-0.15, -0.1) is 6.58 Å². The fourth-order valence-corrected chi connectivity index (χ4v) is 3.85. The Morgan fingerprint density at radius 1 is 1.12 bits per heavy atom. The van der Waals surface area contributed by atoms with Gasteiger partial charge in [-0.05, 0) is 72.4 Å². The summed E-state index contributed by atoms with van der Waals surface area (Å²) in [5.74, 6) is 2.20. The van der Waals surface area contributed by atoms with Crippen molar-refractivity contribution in [1.82, 2.24) is 0 Å². The van der Waals surface area contributed by atoms with E-state index in [0.717, 1.165) is 30.8 Å². The molecule has 2 aromatic carbocycles. The molecular weight excluding hydrogens is 296 g/mol. The highest BCUT2D eigenvalue weighted by Gasteiger charge is 2.25. The molecule has 1 aliphatic rings. The molecule has 0 unspecified atom stereocenters. The zero-order chi connectivity index (χ0) is 16.9. The Balaban J connectivity index is 1.85. The zero-order valence-electron chi connectivity index (χ0n) is 14.7. The first kappa shape index (κ1) is 16.6. The summed E-state index contributed by atoms with van der Waals surface area (Å²) in [6.45, 7) is 3.87. The summed E-state index contributed by atoms with van der Waals surface area (Å²) in [6, 6.07) is 13.1.